The van der Waals surface area contributed by atoms with Crippen molar-refractivity contribution in [2.24, 2.45) is 4.99 Å². The van der Waals surface area contributed by atoms with E-state index in [1.807, 2.05) is 45.2 Å². The highest BCUT2D eigenvalue weighted by Crippen LogP contribution is 2.23. The van der Waals surface area contributed by atoms with E-state index < -0.39 is 5.60 Å². The number of oxazole rings is 1. The lowest BCUT2D eigenvalue weighted by atomic mass is 10.1. The molecule has 9 heteroatoms. The van der Waals surface area contributed by atoms with Crippen LogP contribution in [0.4, 0.5) is 4.79 Å². The van der Waals surface area contributed by atoms with Gasteiger partial charge in [-0.25, -0.2) is 14.8 Å². The van der Waals surface area contributed by atoms with Gasteiger partial charge < -0.3 is 24.7 Å². The van der Waals surface area contributed by atoms with Crippen LogP contribution < -0.4 is 10.6 Å². The molecule has 0 atom stereocenters. The first-order chi connectivity index (χ1) is 13.3. The van der Waals surface area contributed by atoms with Gasteiger partial charge in [0.1, 0.15) is 17.6 Å². The molecule has 0 aromatic carbocycles. The summed E-state index contributed by atoms with van der Waals surface area (Å²) in [5, 5.41) is 8.55. The van der Waals surface area contributed by atoms with Crippen LogP contribution >= 0.6 is 11.3 Å². The minimum atomic E-state index is -0.481. The summed E-state index contributed by atoms with van der Waals surface area (Å²) >= 11 is 1.59. The number of aromatic nitrogens is 1. The number of thiophene rings is 1. The summed E-state index contributed by atoms with van der Waals surface area (Å²) in [6.45, 7) is 9.94. The molecule has 1 aliphatic heterocycles. The molecule has 2 aromatic rings. The number of nitrogens with one attached hydrogen (secondary N) is 2. The van der Waals surface area contributed by atoms with Gasteiger partial charge >= 0.3 is 6.09 Å². The van der Waals surface area contributed by atoms with E-state index in [1.54, 1.807) is 22.5 Å². The smallest absolute Gasteiger partial charge is 0.410 e. The molecule has 1 amide bonds. The third-order valence-electron chi connectivity index (χ3n) is 3.90. The number of carbonyl (C=O) groups is 1. The van der Waals surface area contributed by atoms with Gasteiger partial charge in [0.15, 0.2) is 5.96 Å². The molecule has 0 saturated carbocycles. The molecule has 1 fully saturated rings. The van der Waals surface area contributed by atoms with Gasteiger partial charge in [-0.3, -0.25) is 0 Å². The fraction of sp³-hybridized carbons (Fsp3) is 0.526. The van der Waals surface area contributed by atoms with E-state index in [0.29, 0.717) is 31.5 Å². The Morgan fingerprint density at radius 3 is 2.89 bits per heavy atom. The number of guanidine groups is 1. The minimum Gasteiger partial charge on any atom is -0.444 e. The molecule has 0 bridgehead atoms. The maximum absolute atomic E-state index is 12.0. The van der Waals surface area contributed by atoms with Crippen LogP contribution in [0.2, 0.25) is 0 Å². The Kier molecular flexibility index (Phi) is 6.23. The second kappa shape index (κ2) is 8.64. The van der Waals surface area contributed by atoms with E-state index in [0.717, 1.165) is 17.1 Å². The first-order valence-corrected chi connectivity index (χ1v) is 10.2. The molecule has 8 nitrogen and oxygen atoms in total. The van der Waals surface area contributed by atoms with Gasteiger partial charge in [0.25, 0.3) is 0 Å². The molecule has 0 spiro atoms. The number of ether oxygens (including phenoxy) is 1. The predicted octanol–water partition coefficient (Wildman–Crippen LogP) is 3.08. The Labute approximate surface area is 169 Å². The third kappa shape index (κ3) is 5.48. The van der Waals surface area contributed by atoms with E-state index in [1.165, 1.54) is 0 Å². The van der Waals surface area contributed by atoms with Gasteiger partial charge in [-0.2, -0.15) is 0 Å². The molecular weight excluding hydrogens is 378 g/mol. The van der Waals surface area contributed by atoms with Crippen molar-refractivity contribution in [2.45, 2.75) is 45.9 Å². The van der Waals surface area contributed by atoms with Gasteiger partial charge in [-0.15, -0.1) is 11.3 Å². The topological polar surface area (TPSA) is 92.0 Å². The van der Waals surface area contributed by atoms with E-state index in [4.69, 9.17) is 9.15 Å². The minimum absolute atomic E-state index is 0.143. The molecule has 28 heavy (non-hydrogen) atoms. The second-order valence-electron chi connectivity index (χ2n) is 7.54. The Balaban J connectivity index is 1.51. The van der Waals surface area contributed by atoms with Crippen molar-refractivity contribution >= 4 is 23.4 Å². The highest BCUT2D eigenvalue weighted by Gasteiger charge is 2.34. The molecule has 1 aliphatic rings. The third-order valence-corrected chi connectivity index (χ3v) is 4.76. The molecule has 2 N–H and O–H groups in total. The van der Waals surface area contributed by atoms with Crippen molar-refractivity contribution in [1.29, 1.82) is 0 Å². The molecule has 0 radical (unpaired) electrons. The molecular formula is C19H27N5O3S. The molecule has 0 unspecified atom stereocenters. The summed E-state index contributed by atoms with van der Waals surface area (Å²) in [7, 11) is 0. The zero-order valence-corrected chi connectivity index (χ0v) is 17.5. The van der Waals surface area contributed by atoms with Crippen LogP contribution in [0.3, 0.4) is 0 Å². The van der Waals surface area contributed by atoms with Crippen LogP contribution in [0, 0.1) is 0 Å². The summed E-state index contributed by atoms with van der Waals surface area (Å²) in [6, 6.07) is 4.08. The Morgan fingerprint density at radius 2 is 2.25 bits per heavy atom. The van der Waals surface area contributed by atoms with Crippen molar-refractivity contribution in [2.75, 3.05) is 19.6 Å². The van der Waals surface area contributed by atoms with E-state index in [-0.39, 0.29) is 12.1 Å². The fourth-order valence-electron chi connectivity index (χ4n) is 2.61. The maximum Gasteiger partial charge on any atom is 0.410 e. The highest BCUT2D eigenvalue weighted by atomic mass is 32.1. The number of hydrogen-bond acceptors (Lipinski definition) is 6. The zero-order chi connectivity index (χ0) is 20.1. The van der Waals surface area contributed by atoms with Gasteiger partial charge in [-0.05, 0) is 39.1 Å². The number of aliphatic imine (C=N–C) groups is 1. The van der Waals surface area contributed by atoms with Crippen molar-refractivity contribution in [3.63, 3.8) is 0 Å². The van der Waals surface area contributed by atoms with E-state index in [2.05, 4.69) is 20.6 Å². The molecule has 1 saturated heterocycles. The van der Waals surface area contributed by atoms with Gasteiger partial charge in [0.05, 0.1) is 17.5 Å². The Morgan fingerprint density at radius 1 is 1.46 bits per heavy atom. The molecule has 152 valence electrons. The lowest BCUT2D eigenvalue weighted by Gasteiger charge is -2.40. The summed E-state index contributed by atoms with van der Waals surface area (Å²) in [6.07, 6.45) is 1.35. The first-order valence-electron chi connectivity index (χ1n) is 9.35. The average Bonchev–Trinajstić information content (AvgIpc) is 3.24. The van der Waals surface area contributed by atoms with Gasteiger partial charge in [0, 0.05) is 19.6 Å². The molecule has 3 heterocycles. The second-order valence-corrected chi connectivity index (χ2v) is 8.49. The number of likely N-dealkylation sites (tertiary alicyclic amines) is 1. The first kappa shape index (κ1) is 20.2. The number of rotatable bonds is 5. The number of nitrogens with zero attached hydrogens (tertiary/aromatic N) is 3. The Hall–Kier alpha value is -2.55. The van der Waals surface area contributed by atoms with Crippen LogP contribution in [0.25, 0.3) is 10.8 Å². The lowest BCUT2D eigenvalue weighted by Crippen LogP contribution is -2.63. The summed E-state index contributed by atoms with van der Waals surface area (Å²) < 4.78 is 10.9. The van der Waals surface area contributed by atoms with Gasteiger partial charge in [-0.1, -0.05) is 6.07 Å². The van der Waals surface area contributed by atoms with Crippen molar-refractivity contribution < 1.29 is 13.9 Å². The number of hydrogen-bond donors (Lipinski definition) is 2. The molecule has 0 aliphatic carbocycles. The highest BCUT2D eigenvalue weighted by molar-refractivity contribution is 7.13. The summed E-state index contributed by atoms with van der Waals surface area (Å²) in [5.41, 5.74) is 0.288. The SMILES string of the molecule is CCNC(=NCc1coc(-c2cccs2)n1)NC1CN(C(=O)OC(C)(C)C)C1. The van der Waals surface area contributed by atoms with Gasteiger partial charge in [0.2, 0.25) is 5.89 Å². The van der Waals surface area contributed by atoms with Crippen molar-refractivity contribution in [3.8, 4) is 10.8 Å². The van der Waals surface area contributed by atoms with Crippen molar-refractivity contribution in [1.82, 2.24) is 20.5 Å². The quantitative estimate of drug-likeness (QED) is 0.587. The van der Waals surface area contributed by atoms with Crippen LogP contribution in [0.1, 0.15) is 33.4 Å². The molecule has 2 aromatic heterocycles. The normalized spacial score (nSPS) is 15.3. The fourth-order valence-corrected chi connectivity index (χ4v) is 3.27. The summed E-state index contributed by atoms with van der Waals surface area (Å²) in [5.74, 6) is 1.31. The Bertz CT molecular complexity index is 804. The number of carbonyl (C=O) groups excluding carboxylic acids is 1. The van der Waals surface area contributed by atoms with Crippen LogP contribution in [0.15, 0.2) is 33.2 Å². The number of amides is 1. The standard InChI is InChI=1S/C19H27N5O3S/c1-5-20-17(23-14-10-24(11-14)18(25)27-19(2,3)4)21-9-13-12-26-16(22-13)15-7-6-8-28-15/h6-8,12,14H,5,9-11H2,1-4H3,(H2,20,21,23). The van der Waals surface area contributed by atoms with Crippen LogP contribution in [-0.4, -0.2) is 53.2 Å². The zero-order valence-electron chi connectivity index (χ0n) is 16.7. The largest absolute Gasteiger partial charge is 0.444 e. The van der Waals surface area contributed by atoms with Crippen molar-refractivity contribution in [3.05, 3.63) is 29.5 Å². The summed E-state index contributed by atoms with van der Waals surface area (Å²) in [4.78, 5) is 23.7. The van der Waals surface area contributed by atoms with E-state index in [9.17, 15) is 4.79 Å². The predicted molar refractivity (Wildman–Crippen MR) is 109 cm³/mol. The monoisotopic (exact) mass is 405 g/mol. The lowest BCUT2D eigenvalue weighted by molar-refractivity contribution is 0.00701. The van der Waals surface area contributed by atoms with Crippen LogP contribution in [0.5, 0.6) is 0 Å². The van der Waals surface area contributed by atoms with Crippen LogP contribution in [-0.2, 0) is 11.3 Å². The molecule has 3 rings (SSSR count). The maximum atomic E-state index is 12.0. The van der Waals surface area contributed by atoms with E-state index >= 15 is 0 Å². The average molecular weight is 406 g/mol.